The van der Waals surface area contributed by atoms with Crippen molar-refractivity contribution in [3.63, 3.8) is 0 Å². The molecule has 0 heterocycles. The highest BCUT2D eigenvalue weighted by Crippen LogP contribution is 2.43. The molecular formula is C15H28N2O3. The fourth-order valence-electron chi connectivity index (χ4n) is 3.12. The Morgan fingerprint density at radius 2 is 1.70 bits per heavy atom. The number of carboxylic acid groups (broad SMARTS) is 1. The van der Waals surface area contributed by atoms with Gasteiger partial charge in [-0.15, -0.1) is 0 Å². The molecule has 1 rings (SSSR count). The van der Waals surface area contributed by atoms with Gasteiger partial charge in [0, 0.05) is 13.0 Å². The third kappa shape index (κ3) is 6.37. The van der Waals surface area contributed by atoms with E-state index in [2.05, 4.69) is 5.32 Å². The highest BCUT2D eigenvalue weighted by atomic mass is 16.4. The van der Waals surface area contributed by atoms with Crippen LogP contribution in [0.2, 0.25) is 0 Å². The number of unbranched alkanes of at least 4 members (excludes halogenated alkanes) is 3. The van der Waals surface area contributed by atoms with Crippen molar-refractivity contribution in [1.29, 1.82) is 0 Å². The molecular weight excluding hydrogens is 256 g/mol. The van der Waals surface area contributed by atoms with Crippen LogP contribution < -0.4 is 11.1 Å². The normalized spacial score (nSPS) is 17.1. The summed E-state index contributed by atoms with van der Waals surface area (Å²) in [5.41, 5.74) is 5.12. The number of hydrogen-bond acceptors (Lipinski definition) is 3. The van der Waals surface area contributed by atoms with E-state index in [1.54, 1.807) is 0 Å². The predicted octanol–water partition coefficient (Wildman–Crippen LogP) is 2.05. The maximum atomic E-state index is 12.0. The molecule has 0 unspecified atom stereocenters. The van der Waals surface area contributed by atoms with Crippen molar-refractivity contribution in [1.82, 2.24) is 5.32 Å². The maximum absolute atomic E-state index is 12.0. The highest BCUT2D eigenvalue weighted by Gasteiger charge is 2.37. The van der Waals surface area contributed by atoms with Gasteiger partial charge in [-0.1, -0.05) is 25.7 Å². The van der Waals surface area contributed by atoms with E-state index < -0.39 is 5.97 Å². The minimum atomic E-state index is -0.790. The Hall–Kier alpha value is -1.10. The van der Waals surface area contributed by atoms with E-state index in [-0.39, 0.29) is 17.7 Å². The number of amides is 1. The van der Waals surface area contributed by atoms with Gasteiger partial charge in [0.15, 0.2) is 0 Å². The van der Waals surface area contributed by atoms with Crippen LogP contribution in [0.1, 0.15) is 64.2 Å². The molecule has 5 nitrogen and oxygen atoms in total. The van der Waals surface area contributed by atoms with Gasteiger partial charge in [0.1, 0.15) is 0 Å². The van der Waals surface area contributed by atoms with Crippen molar-refractivity contribution < 1.29 is 14.7 Å². The number of carbonyl (C=O) groups excluding carboxylic acids is 1. The Morgan fingerprint density at radius 3 is 2.30 bits per heavy atom. The summed E-state index contributed by atoms with van der Waals surface area (Å²) in [5.74, 6) is -0.784. The third-order valence-corrected chi connectivity index (χ3v) is 4.18. The van der Waals surface area contributed by atoms with Crippen molar-refractivity contribution in [3.8, 4) is 0 Å². The highest BCUT2D eigenvalue weighted by molar-refractivity contribution is 5.78. The Bertz CT molecular complexity index is 312. The van der Waals surface area contributed by atoms with Gasteiger partial charge in [-0.25, -0.2) is 0 Å². The molecule has 0 bridgehead atoms. The van der Waals surface area contributed by atoms with E-state index in [0.29, 0.717) is 13.0 Å². The first-order valence-corrected chi connectivity index (χ1v) is 7.76. The summed E-state index contributed by atoms with van der Waals surface area (Å²) in [6, 6.07) is 0. The van der Waals surface area contributed by atoms with Crippen molar-refractivity contribution in [2.24, 2.45) is 11.1 Å². The minimum Gasteiger partial charge on any atom is -0.481 e. The molecule has 5 heteroatoms. The van der Waals surface area contributed by atoms with Gasteiger partial charge in [0.05, 0.1) is 6.42 Å². The number of rotatable bonds is 10. The van der Waals surface area contributed by atoms with Gasteiger partial charge >= 0.3 is 5.97 Å². The van der Waals surface area contributed by atoms with Crippen molar-refractivity contribution in [2.45, 2.75) is 64.2 Å². The van der Waals surface area contributed by atoms with E-state index in [4.69, 9.17) is 10.8 Å². The Labute approximate surface area is 121 Å². The number of aliphatic carboxylic acids is 1. The van der Waals surface area contributed by atoms with Gasteiger partial charge in [0.25, 0.3) is 0 Å². The van der Waals surface area contributed by atoms with Gasteiger partial charge in [-0.3, -0.25) is 9.59 Å². The third-order valence-electron chi connectivity index (χ3n) is 4.18. The molecule has 0 radical (unpaired) electrons. The van der Waals surface area contributed by atoms with Gasteiger partial charge in [-0.05, 0) is 37.6 Å². The number of nitrogens with two attached hydrogens (primary N) is 1. The molecule has 20 heavy (non-hydrogen) atoms. The monoisotopic (exact) mass is 284 g/mol. The number of carboxylic acids is 1. The largest absolute Gasteiger partial charge is 0.481 e. The van der Waals surface area contributed by atoms with Crippen LogP contribution >= 0.6 is 0 Å². The van der Waals surface area contributed by atoms with Crippen LogP contribution in [0.4, 0.5) is 0 Å². The first-order valence-electron chi connectivity index (χ1n) is 7.76. The maximum Gasteiger partial charge on any atom is 0.303 e. The van der Waals surface area contributed by atoms with Crippen LogP contribution in [0.3, 0.4) is 0 Å². The summed E-state index contributed by atoms with van der Waals surface area (Å²) in [7, 11) is 0. The molecule has 0 aromatic carbocycles. The molecule has 1 saturated carbocycles. The first-order chi connectivity index (χ1) is 9.58. The number of nitrogens with one attached hydrogen (secondary N) is 1. The summed E-state index contributed by atoms with van der Waals surface area (Å²) in [4.78, 5) is 22.9. The SMILES string of the molecule is NCCCCCCNC(=O)CC1(CC(=O)O)CCCC1. The van der Waals surface area contributed by atoms with Crippen LogP contribution in [0.25, 0.3) is 0 Å². The van der Waals surface area contributed by atoms with Gasteiger partial charge in [0.2, 0.25) is 5.91 Å². The Balaban J connectivity index is 2.23. The van der Waals surface area contributed by atoms with Crippen LogP contribution in [0, 0.1) is 5.41 Å². The Morgan fingerprint density at radius 1 is 1.05 bits per heavy atom. The second kappa shape index (κ2) is 8.95. The van der Waals surface area contributed by atoms with Crippen LogP contribution in [0.15, 0.2) is 0 Å². The summed E-state index contributed by atoms with van der Waals surface area (Å²) in [5, 5.41) is 11.9. The van der Waals surface area contributed by atoms with E-state index in [0.717, 1.165) is 57.9 Å². The average molecular weight is 284 g/mol. The number of carbonyl (C=O) groups is 2. The average Bonchev–Trinajstić information content (AvgIpc) is 2.80. The van der Waals surface area contributed by atoms with Crippen molar-refractivity contribution in [2.75, 3.05) is 13.1 Å². The van der Waals surface area contributed by atoms with Crippen LogP contribution in [-0.2, 0) is 9.59 Å². The lowest BCUT2D eigenvalue weighted by Crippen LogP contribution is -2.32. The fourth-order valence-corrected chi connectivity index (χ4v) is 3.12. The topological polar surface area (TPSA) is 92.4 Å². The molecule has 0 saturated heterocycles. The zero-order chi connectivity index (χ0) is 14.8. The zero-order valence-corrected chi connectivity index (χ0v) is 12.3. The smallest absolute Gasteiger partial charge is 0.303 e. The summed E-state index contributed by atoms with van der Waals surface area (Å²) in [6.45, 7) is 1.41. The molecule has 0 aliphatic heterocycles. The molecule has 1 aliphatic rings. The summed E-state index contributed by atoms with van der Waals surface area (Å²) >= 11 is 0. The molecule has 1 amide bonds. The molecule has 4 N–H and O–H groups in total. The van der Waals surface area contributed by atoms with E-state index in [1.807, 2.05) is 0 Å². The van der Waals surface area contributed by atoms with E-state index in [1.165, 1.54) is 0 Å². The first kappa shape index (κ1) is 17.0. The lowest BCUT2D eigenvalue weighted by molar-refractivity contribution is -0.140. The molecule has 1 fully saturated rings. The van der Waals surface area contributed by atoms with Crippen molar-refractivity contribution >= 4 is 11.9 Å². The van der Waals surface area contributed by atoms with Gasteiger partial charge in [-0.2, -0.15) is 0 Å². The fraction of sp³-hybridized carbons (Fsp3) is 0.867. The lowest BCUT2D eigenvalue weighted by atomic mass is 9.79. The van der Waals surface area contributed by atoms with Crippen LogP contribution in [0.5, 0.6) is 0 Å². The predicted molar refractivity (Wildman–Crippen MR) is 78.3 cm³/mol. The van der Waals surface area contributed by atoms with Crippen molar-refractivity contribution in [3.05, 3.63) is 0 Å². The minimum absolute atomic E-state index is 0.00646. The summed E-state index contributed by atoms with van der Waals surface area (Å²) < 4.78 is 0. The zero-order valence-electron chi connectivity index (χ0n) is 12.3. The lowest BCUT2D eigenvalue weighted by Gasteiger charge is -2.26. The molecule has 0 aromatic rings. The quantitative estimate of drug-likeness (QED) is 0.535. The molecule has 116 valence electrons. The molecule has 1 aliphatic carbocycles. The van der Waals surface area contributed by atoms with Gasteiger partial charge < -0.3 is 16.2 Å². The molecule has 0 atom stereocenters. The second-order valence-electron chi connectivity index (χ2n) is 6.01. The standard InChI is InChI=1S/C15H28N2O3/c16-9-5-1-2-6-10-17-13(18)11-15(12-14(19)20)7-3-4-8-15/h1-12,16H2,(H,17,18)(H,19,20). The Kier molecular flexibility index (Phi) is 7.59. The number of hydrogen-bond donors (Lipinski definition) is 3. The van der Waals surface area contributed by atoms with E-state index >= 15 is 0 Å². The molecule has 0 aromatic heterocycles. The van der Waals surface area contributed by atoms with E-state index in [9.17, 15) is 9.59 Å². The second-order valence-corrected chi connectivity index (χ2v) is 6.01. The van der Waals surface area contributed by atoms with Crippen LogP contribution in [-0.4, -0.2) is 30.1 Å². The molecule has 0 spiro atoms. The summed E-state index contributed by atoms with van der Waals surface area (Å²) in [6.07, 6.45) is 8.49.